The Balaban J connectivity index is 2.31. The smallest absolute Gasteiger partial charge is 0.247 e. The Labute approximate surface area is 187 Å². The Kier molecular flexibility index (Phi) is 4.11. The van der Waals surface area contributed by atoms with Crippen molar-refractivity contribution in [3.8, 4) is 36.4 Å². The fourth-order valence-electron chi connectivity index (χ4n) is 3.64. The van der Waals surface area contributed by atoms with Gasteiger partial charge in [0, 0.05) is 5.22 Å². The van der Waals surface area contributed by atoms with Crippen molar-refractivity contribution in [2.24, 2.45) is 0 Å². The van der Waals surface area contributed by atoms with Crippen LogP contribution in [0.25, 0.3) is 55.5 Å². The summed E-state index contributed by atoms with van der Waals surface area (Å²) in [6.45, 7) is 0. The molecule has 5 aromatic rings. The molecule has 0 spiro atoms. The van der Waals surface area contributed by atoms with Gasteiger partial charge in [0.25, 0.3) is 0 Å². The van der Waals surface area contributed by atoms with Gasteiger partial charge < -0.3 is 8.83 Å². The number of rotatable bonds is 0. The third kappa shape index (κ3) is 2.46. The summed E-state index contributed by atoms with van der Waals surface area (Å²) in [5.41, 5.74) is -1.16. The van der Waals surface area contributed by atoms with E-state index in [9.17, 15) is 21.0 Å². The second-order valence-electron chi connectivity index (χ2n) is 6.60. The minimum Gasteiger partial charge on any atom is -0.435 e. The van der Waals surface area contributed by atoms with E-state index in [2.05, 4.69) is 19.9 Å². The van der Waals surface area contributed by atoms with Crippen molar-refractivity contribution >= 4 is 55.5 Å². The number of furan rings is 2. The fraction of sp³-hybridized carbons (Fsp3) is 0. The third-order valence-electron chi connectivity index (χ3n) is 4.94. The number of benzene rings is 1. The van der Waals surface area contributed by atoms with Gasteiger partial charge >= 0.3 is 0 Å². The van der Waals surface area contributed by atoms with Gasteiger partial charge in [-0.3, -0.25) is 0 Å². The van der Waals surface area contributed by atoms with E-state index in [1.54, 1.807) is 12.1 Å². The van der Waals surface area contributed by atoms with Crippen LogP contribution in [0.2, 0.25) is 0 Å². The second-order valence-corrected chi connectivity index (χ2v) is 6.60. The zero-order valence-corrected chi connectivity index (χ0v) is 16.4. The average Bonchev–Trinajstić information content (AvgIpc) is 3.43. The van der Waals surface area contributed by atoms with Crippen molar-refractivity contribution in [2.45, 2.75) is 0 Å². The van der Waals surface area contributed by atoms with Crippen LogP contribution in [0, 0.1) is 68.0 Å². The highest BCUT2D eigenvalue weighted by molar-refractivity contribution is 6.16. The minimum absolute atomic E-state index is 0.0181. The SMILES string of the molecule is N#CC(C#N)=c1c2oc3nc(C#N)cnc3c2c(=C(C#N)C#N)c2c1oc1nc(C#N)cnc12. The van der Waals surface area contributed by atoms with Crippen LogP contribution in [0.1, 0.15) is 11.4 Å². The molecule has 0 saturated carbocycles. The molecule has 0 radical (unpaired) electrons. The van der Waals surface area contributed by atoms with Crippen LogP contribution in [0.15, 0.2) is 21.2 Å². The molecule has 0 saturated heterocycles. The zero-order valence-electron chi connectivity index (χ0n) is 16.4. The second kappa shape index (κ2) is 7.12. The van der Waals surface area contributed by atoms with Crippen LogP contribution < -0.4 is 10.4 Å². The average molecular weight is 438 g/mol. The van der Waals surface area contributed by atoms with E-state index < -0.39 is 5.57 Å². The quantitative estimate of drug-likeness (QED) is 0.333. The van der Waals surface area contributed by atoms with Crippen LogP contribution in [0.5, 0.6) is 0 Å². The number of nitrogens with zero attached hydrogens (tertiary/aromatic N) is 10. The molecule has 0 aliphatic heterocycles. The molecule has 0 aliphatic carbocycles. The van der Waals surface area contributed by atoms with E-state index in [-0.39, 0.29) is 71.8 Å². The maximum atomic E-state index is 9.71. The van der Waals surface area contributed by atoms with Gasteiger partial charge in [-0.2, -0.15) is 41.5 Å². The van der Waals surface area contributed by atoms with Crippen LogP contribution in [0.3, 0.4) is 0 Å². The molecule has 34 heavy (non-hydrogen) atoms. The molecule has 0 aliphatic rings. The number of hydrogen-bond donors (Lipinski definition) is 0. The summed E-state index contributed by atoms with van der Waals surface area (Å²) >= 11 is 0. The van der Waals surface area contributed by atoms with E-state index in [1.165, 1.54) is 12.4 Å². The first-order valence-corrected chi connectivity index (χ1v) is 9.09. The molecule has 0 atom stereocenters. The summed E-state index contributed by atoms with van der Waals surface area (Å²) < 4.78 is 11.6. The molecule has 12 nitrogen and oxygen atoms in total. The van der Waals surface area contributed by atoms with Crippen LogP contribution >= 0.6 is 0 Å². The molecule has 0 bridgehead atoms. The molecule has 1 aromatic carbocycles. The summed E-state index contributed by atoms with van der Waals surface area (Å²) in [4.78, 5) is 16.5. The first-order valence-electron chi connectivity index (χ1n) is 9.09. The Morgan fingerprint density at radius 1 is 0.618 bits per heavy atom. The predicted molar refractivity (Wildman–Crippen MR) is 110 cm³/mol. The van der Waals surface area contributed by atoms with Gasteiger partial charge in [-0.15, -0.1) is 0 Å². The van der Waals surface area contributed by atoms with E-state index in [1.807, 2.05) is 24.3 Å². The summed E-state index contributed by atoms with van der Waals surface area (Å²) in [6.07, 6.45) is 2.35. The van der Waals surface area contributed by atoms with E-state index in [0.29, 0.717) is 0 Å². The Hall–Kier alpha value is -6.34. The lowest BCUT2D eigenvalue weighted by Crippen LogP contribution is -2.16. The van der Waals surface area contributed by atoms with Crippen LogP contribution in [0.4, 0.5) is 0 Å². The van der Waals surface area contributed by atoms with Crippen molar-refractivity contribution in [3.05, 3.63) is 34.2 Å². The van der Waals surface area contributed by atoms with Gasteiger partial charge in [0.05, 0.1) is 28.4 Å². The summed E-state index contributed by atoms with van der Waals surface area (Å²) in [6, 6.07) is 10.8. The number of fused-ring (bicyclic) bond motifs is 6. The number of nitriles is 6. The normalized spacial score (nSPS) is 10.2. The number of aromatic nitrogens is 4. The Morgan fingerprint density at radius 2 is 1.03 bits per heavy atom. The topological polar surface area (TPSA) is 221 Å². The lowest BCUT2D eigenvalue weighted by molar-refractivity contribution is 0.635. The molecule has 12 heteroatoms. The van der Waals surface area contributed by atoms with Gasteiger partial charge in [-0.1, -0.05) is 0 Å². The van der Waals surface area contributed by atoms with Crippen molar-refractivity contribution in [1.82, 2.24) is 19.9 Å². The largest absolute Gasteiger partial charge is 0.435 e. The molecule has 0 amide bonds. The molecule has 4 heterocycles. The Morgan fingerprint density at radius 3 is 1.41 bits per heavy atom. The Bertz CT molecular complexity index is 2000. The highest BCUT2D eigenvalue weighted by Crippen LogP contribution is 2.29. The summed E-state index contributed by atoms with van der Waals surface area (Å²) in [7, 11) is 0. The molecule has 152 valence electrons. The molecule has 4 aromatic heterocycles. The van der Waals surface area contributed by atoms with Gasteiger partial charge in [-0.05, 0) is 0 Å². The molecule has 0 fully saturated rings. The lowest BCUT2D eigenvalue weighted by Gasteiger charge is -1.98. The third-order valence-corrected chi connectivity index (χ3v) is 4.94. The molecular weight excluding hydrogens is 436 g/mol. The van der Waals surface area contributed by atoms with Gasteiger partial charge in [0.15, 0.2) is 22.6 Å². The van der Waals surface area contributed by atoms with Gasteiger partial charge in [-0.25, -0.2) is 9.97 Å². The molecular formula is C22H2N10O2. The molecule has 0 N–H and O–H groups in total. The molecule has 0 unspecified atom stereocenters. The van der Waals surface area contributed by atoms with E-state index in [4.69, 9.17) is 19.4 Å². The van der Waals surface area contributed by atoms with Crippen LogP contribution in [-0.4, -0.2) is 19.9 Å². The van der Waals surface area contributed by atoms with Crippen molar-refractivity contribution in [3.63, 3.8) is 0 Å². The maximum Gasteiger partial charge on any atom is 0.247 e. The van der Waals surface area contributed by atoms with Crippen molar-refractivity contribution < 1.29 is 8.83 Å². The van der Waals surface area contributed by atoms with Crippen molar-refractivity contribution in [1.29, 1.82) is 31.6 Å². The highest BCUT2D eigenvalue weighted by atomic mass is 16.4. The van der Waals surface area contributed by atoms with E-state index in [0.717, 1.165) is 0 Å². The first-order chi connectivity index (χ1) is 16.6. The number of hydrogen-bond acceptors (Lipinski definition) is 12. The summed E-state index contributed by atoms with van der Waals surface area (Å²) in [5, 5.41) is 57.1. The molecule has 5 rings (SSSR count). The van der Waals surface area contributed by atoms with Gasteiger partial charge in [0.2, 0.25) is 11.4 Å². The van der Waals surface area contributed by atoms with Gasteiger partial charge in [0.1, 0.15) is 58.6 Å². The van der Waals surface area contributed by atoms with Crippen molar-refractivity contribution in [2.75, 3.05) is 0 Å². The first kappa shape index (κ1) is 19.6. The van der Waals surface area contributed by atoms with E-state index >= 15 is 0 Å². The monoisotopic (exact) mass is 438 g/mol. The van der Waals surface area contributed by atoms with Crippen LogP contribution in [-0.2, 0) is 0 Å². The fourth-order valence-corrected chi connectivity index (χ4v) is 3.64. The minimum atomic E-state index is -0.406. The standard InChI is InChI=1S/C22H2N10O2/c23-1-9(2-24)13-15-17-21(31-11(5-27)7-29-17)33-19(15)14(10(3-25)4-26)20-16(13)18-22(34-20)32-12(6-28)8-30-18/h7-8H. The highest BCUT2D eigenvalue weighted by Gasteiger charge is 2.25. The maximum absolute atomic E-state index is 9.71. The predicted octanol–water partition coefficient (Wildman–Crippen LogP) is 1.20. The summed E-state index contributed by atoms with van der Waals surface area (Å²) in [5.74, 6) is 0. The lowest BCUT2D eigenvalue weighted by atomic mass is 10.0. The zero-order chi connectivity index (χ0) is 24.0.